The number of aryl methyl sites for hydroxylation is 1. The van der Waals surface area contributed by atoms with Crippen molar-refractivity contribution in [3.63, 3.8) is 0 Å². The van der Waals surface area contributed by atoms with E-state index in [0.717, 1.165) is 27.4 Å². The predicted molar refractivity (Wildman–Crippen MR) is 102 cm³/mol. The summed E-state index contributed by atoms with van der Waals surface area (Å²) in [6.45, 7) is 2.09. The van der Waals surface area contributed by atoms with Crippen molar-refractivity contribution in [3.8, 4) is 17.1 Å². The Morgan fingerprint density at radius 2 is 1.93 bits per heavy atom. The lowest BCUT2D eigenvalue weighted by Gasteiger charge is -2.21. The molecule has 27 heavy (non-hydrogen) atoms. The lowest BCUT2D eigenvalue weighted by Crippen LogP contribution is -2.48. The Balaban J connectivity index is 1.83. The smallest absolute Gasteiger partial charge is 0.350 e. The predicted octanol–water partition coefficient (Wildman–Crippen LogP) is 2.29. The van der Waals surface area contributed by atoms with E-state index in [4.69, 9.17) is 16.4 Å². The van der Waals surface area contributed by atoms with Gasteiger partial charge in [-0.05, 0) is 18.6 Å². The number of urea groups is 1. The third kappa shape index (κ3) is 4.20. The van der Waals surface area contributed by atoms with Gasteiger partial charge in [-0.15, -0.1) is 0 Å². The van der Waals surface area contributed by atoms with Gasteiger partial charge in [0.1, 0.15) is 12.9 Å². The molecule has 0 aliphatic heterocycles. The molecule has 0 unspecified atom stereocenters. The lowest BCUT2D eigenvalue weighted by molar-refractivity contribution is 0.246. The first-order valence-corrected chi connectivity index (χ1v) is 8.24. The second kappa shape index (κ2) is 8.26. The van der Waals surface area contributed by atoms with Crippen molar-refractivity contribution < 1.29 is 9.53 Å². The lowest BCUT2D eigenvalue weighted by atomic mass is 10.1. The van der Waals surface area contributed by atoms with Gasteiger partial charge < -0.3 is 4.74 Å². The molecule has 0 aliphatic carbocycles. The zero-order valence-electron chi connectivity index (χ0n) is 14.8. The van der Waals surface area contributed by atoms with Crippen LogP contribution >= 0.6 is 0 Å². The largest absolute Gasteiger partial charge is 0.473 e. The van der Waals surface area contributed by atoms with Gasteiger partial charge in [0, 0.05) is 17.2 Å². The van der Waals surface area contributed by atoms with Crippen LogP contribution in [0.25, 0.3) is 11.3 Å². The molecule has 1 heterocycles. The SMILES string of the molecule is Cc1cccc(N(N)C(=O)NN)c1COc1cc(-c2ccccc2)ncn1. The van der Waals surface area contributed by atoms with Gasteiger partial charge in [-0.3, -0.25) is 5.43 Å². The first-order chi connectivity index (χ1) is 13.1. The summed E-state index contributed by atoms with van der Waals surface area (Å²) in [4.78, 5) is 20.2. The molecule has 3 rings (SSSR count). The molecule has 1 aromatic heterocycles. The molecule has 3 aromatic rings. The van der Waals surface area contributed by atoms with Crippen LogP contribution in [-0.4, -0.2) is 16.0 Å². The quantitative estimate of drug-likeness (QED) is 0.363. The summed E-state index contributed by atoms with van der Waals surface area (Å²) in [6, 6.07) is 16.3. The monoisotopic (exact) mass is 364 g/mol. The van der Waals surface area contributed by atoms with Crippen LogP contribution in [0, 0.1) is 6.92 Å². The number of nitrogens with one attached hydrogen (secondary N) is 1. The summed E-state index contributed by atoms with van der Waals surface area (Å²) < 4.78 is 5.84. The molecule has 0 fully saturated rings. The molecular formula is C19H20N6O2. The Morgan fingerprint density at radius 3 is 2.67 bits per heavy atom. The van der Waals surface area contributed by atoms with Crippen molar-refractivity contribution in [1.29, 1.82) is 0 Å². The highest BCUT2D eigenvalue weighted by Gasteiger charge is 2.16. The van der Waals surface area contributed by atoms with E-state index in [0.29, 0.717) is 11.6 Å². The van der Waals surface area contributed by atoms with Crippen molar-refractivity contribution in [1.82, 2.24) is 15.4 Å². The van der Waals surface area contributed by atoms with Crippen LogP contribution in [0.1, 0.15) is 11.1 Å². The van der Waals surface area contributed by atoms with Crippen molar-refractivity contribution in [3.05, 3.63) is 72.1 Å². The van der Waals surface area contributed by atoms with Crippen molar-refractivity contribution in [2.45, 2.75) is 13.5 Å². The Morgan fingerprint density at radius 1 is 1.15 bits per heavy atom. The molecule has 8 heteroatoms. The maximum atomic E-state index is 11.8. The highest BCUT2D eigenvalue weighted by molar-refractivity contribution is 5.91. The number of benzene rings is 2. The Hall–Kier alpha value is -3.49. The van der Waals surface area contributed by atoms with Crippen molar-refractivity contribution in [2.75, 3.05) is 5.01 Å². The number of amides is 2. The molecule has 0 spiro atoms. The minimum absolute atomic E-state index is 0.179. The molecule has 2 aromatic carbocycles. The zero-order chi connectivity index (χ0) is 19.2. The molecule has 5 N–H and O–H groups in total. The molecule has 0 atom stereocenters. The zero-order valence-corrected chi connectivity index (χ0v) is 14.8. The van der Waals surface area contributed by atoms with Gasteiger partial charge in [0.25, 0.3) is 0 Å². The maximum Gasteiger partial charge on any atom is 0.350 e. The van der Waals surface area contributed by atoms with E-state index in [1.54, 1.807) is 18.2 Å². The van der Waals surface area contributed by atoms with Crippen LogP contribution in [0.3, 0.4) is 0 Å². The van der Waals surface area contributed by atoms with Crippen molar-refractivity contribution >= 4 is 11.7 Å². The number of hydrogen-bond donors (Lipinski definition) is 3. The fraction of sp³-hybridized carbons (Fsp3) is 0.105. The van der Waals surface area contributed by atoms with Gasteiger partial charge in [0.2, 0.25) is 5.88 Å². The maximum absolute atomic E-state index is 11.8. The highest BCUT2D eigenvalue weighted by atomic mass is 16.5. The molecular weight excluding hydrogens is 344 g/mol. The summed E-state index contributed by atoms with van der Waals surface area (Å²) in [5, 5.41) is 0.946. The summed E-state index contributed by atoms with van der Waals surface area (Å²) in [7, 11) is 0. The molecule has 0 radical (unpaired) electrons. The molecule has 0 bridgehead atoms. The molecule has 138 valence electrons. The molecule has 0 saturated carbocycles. The van der Waals surface area contributed by atoms with Gasteiger partial charge in [-0.1, -0.05) is 42.5 Å². The minimum atomic E-state index is -0.629. The highest BCUT2D eigenvalue weighted by Crippen LogP contribution is 2.25. The van der Waals surface area contributed by atoms with Gasteiger partial charge in [0.15, 0.2) is 0 Å². The number of aromatic nitrogens is 2. The fourth-order valence-electron chi connectivity index (χ4n) is 2.61. The average Bonchev–Trinajstić information content (AvgIpc) is 2.72. The second-order valence-corrected chi connectivity index (χ2v) is 5.79. The van der Waals surface area contributed by atoms with E-state index >= 15 is 0 Å². The minimum Gasteiger partial charge on any atom is -0.473 e. The summed E-state index contributed by atoms with van der Waals surface area (Å²) in [5.41, 5.74) is 5.90. The van der Waals surface area contributed by atoms with E-state index in [2.05, 4.69) is 9.97 Å². The molecule has 2 amide bonds. The Labute approximate surface area is 156 Å². The topological polar surface area (TPSA) is 119 Å². The van der Waals surface area contributed by atoms with Crippen molar-refractivity contribution in [2.24, 2.45) is 11.7 Å². The summed E-state index contributed by atoms with van der Waals surface area (Å²) >= 11 is 0. The van der Waals surface area contributed by atoms with Crippen LogP contribution < -0.4 is 26.9 Å². The van der Waals surface area contributed by atoms with E-state index < -0.39 is 6.03 Å². The third-order valence-electron chi connectivity index (χ3n) is 4.06. The van der Waals surface area contributed by atoms with E-state index in [1.807, 2.05) is 48.7 Å². The van der Waals surface area contributed by atoms with E-state index in [-0.39, 0.29) is 6.61 Å². The number of rotatable bonds is 5. The van der Waals surface area contributed by atoms with E-state index in [9.17, 15) is 4.79 Å². The molecule has 0 aliphatic rings. The number of nitrogens with two attached hydrogens (primary N) is 2. The van der Waals surface area contributed by atoms with E-state index in [1.165, 1.54) is 6.33 Å². The first kappa shape index (κ1) is 18.3. The van der Waals surface area contributed by atoms with Gasteiger partial charge >= 0.3 is 6.03 Å². The fourth-order valence-corrected chi connectivity index (χ4v) is 2.61. The number of carbonyl (C=O) groups is 1. The number of hydrogen-bond acceptors (Lipinski definition) is 6. The Kier molecular flexibility index (Phi) is 5.60. The number of nitrogens with zero attached hydrogens (tertiary/aromatic N) is 3. The third-order valence-corrected chi connectivity index (χ3v) is 4.06. The summed E-state index contributed by atoms with van der Waals surface area (Å²) in [5.74, 6) is 11.4. The molecule has 8 nitrogen and oxygen atoms in total. The normalized spacial score (nSPS) is 10.3. The van der Waals surface area contributed by atoms with Gasteiger partial charge in [0.05, 0.1) is 11.4 Å². The molecule has 0 saturated heterocycles. The first-order valence-electron chi connectivity index (χ1n) is 8.24. The van der Waals surface area contributed by atoms with Crippen LogP contribution in [0.15, 0.2) is 60.9 Å². The number of hydrazine groups is 2. The van der Waals surface area contributed by atoms with Crippen LogP contribution in [0.5, 0.6) is 5.88 Å². The number of carbonyl (C=O) groups excluding carboxylic acids is 1. The number of ether oxygens (including phenoxy) is 1. The van der Waals surface area contributed by atoms with Gasteiger partial charge in [-0.25, -0.2) is 31.5 Å². The Bertz CT molecular complexity index is 932. The van der Waals surface area contributed by atoms with Gasteiger partial charge in [-0.2, -0.15) is 0 Å². The second-order valence-electron chi connectivity index (χ2n) is 5.79. The standard InChI is InChI=1S/C19H20N6O2/c1-13-6-5-9-17(25(21)19(26)24-20)15(13)11-27-18-10-16(22-12-23-18)14-7-3-2-4-8-14/h2-10,12H,11,20-21H2,1H3,(H,24,26). The van der Waals surface area contributed by atoms with Crippen LogP contribution in [0.4, 0.5) is 10.5 Å². The van der Waals surface area contributed by atoms with Crippen LogP contribution in [-0.2, 0) is 6.61 Å². The summed E-state index contributed by atoms with van der Waals surface area (Å²) in [6.07, 6.45) is 1.45. The number of anilines is 1. The van der Waals surface area contributed by atoms with Crippen LogP contribution in [0.2, 0.25) is 0 Å². The average molecular weight is 364 g/mol.